The molecule has 3 nitrogen and oxygen atoms in total. The van der Waals surface area contributed by atoms with Crippen molar-refractivity contribution in [1.82, 2.24) is 4.72 Å². The summed E-state index contributed by atoms with van der Waals surface area (Å²) >= 11 is 0. The van der Waals surface area contributed by atoms with Crippen LogP contribution < -0.4 is 4.72 Å². The average Bonchev–Trinajstić information content (AvgIpc) is 2.19. The summed E-state index contributed by atoms with van der Waals surface area (Å²) in [5.41, 5.74) is 0.961. The Labute approximate surface area is 86.2 Å². The molecule has 0 aromatic heterocycles. The molecule has 0 amide bonds. The van der Waals surface area contributed by atoms with Crippen LogP contribution in [0.3, 0.4) is 0 Å². The quantitative estimate of drug-likeness (QED) is 0.835. The third kappa shape index (κ3) is 6.62. The summed E-state index contributed by atoms with van der Waals surface area (Å²) in [5, 5.41) is 0. The molecule has 0 spiro atoms. The van der Waals surface area contributed by atoms with Gasteiger partial charge in [0.05, 0.1) is 6.26 Å². The van der Waals surface area contributed by atoms with E-state index >= 15 is 0 Å². The monoisotopic (exact) mass is 215 g/mol. The van der Waals surface area contributed by atoms with Gasteiger partial charge in [0, 0.05) is 6.54 Å². The van der Waals surface area contributed by atoms with E-state index in [-0.39, 0.29) is 0 Å². The summed E-state index contributed by atoms with van der Waals surface area (Å²) in [4.78, 5) is 0. The van der Waals surface area contributed by atoms with Gasteiger partial charge in [0.15, 0.2) is 0 Å². The first kappa shape index (κ1) is 13.1. The minimum absolute atomic E-state index is 0.361. The van der Waals surface area contributed by atoms with Crippen molar-refractivity contribution < 1.29 is 8.42 Å². The highest BCUT2D eigenvalue weighted by molar-refractivity contribution is 7.88. The molecule has 0 saturated carbocycles. The van der Waals surface area contributed by atoms with E-state index < -0.39 is 10.0 Å². The Hall–Kier alpha value is -0.870. The lowest BCUT2D eigenvalue weighted by atomic mass is 10.2. The third-order valence-electron chi connectivity index (χ3n) is 1.38. The first-order valence-corrected chi connectivity index (χ1v) is 6.45. The smallest absolute Gasteiger partial charge is 0.209 e. The van der Waals surface area contributed by atoms with Crippen molar-refractivity contribution in [3.05, 3.63) is 35.9 Å². The highest BCUT2D eigenvalue weighted by Gasteiger charge is 1.98. The Bertz CT molecular complexity index is 332. The van der Waals surface area contributed by atoms with Crippen LogP contribution in [0.1, 0.15) is 19.4 Å². The standard InChI is InChI=1S/C8H11NO2S.C2H6/c1-12(10,11)9-7-8-5-3-2-4-6-8;1-2/h2-6,9H,7H2,1H3;1-2H3. The lowest BCUT2D eigenvalue weighted by Crippen LogP contribution is -2.20. The molecule has 0 fully saturated rings. The highest BCUT2D eigenvalue weighted by Crippen LogP contribution is 1.97. The van der Waals surface area contributed by atoms with Crippen molar-refractivity contribution in [2.45, 2.75) is 20.4 Å². The van der Waals surface area contributed by atoms with E-state index in [9.17, 15) is 8.42 Å². The van der Waals surface area contributed by atoms with E-state index in [1.807, 2.05) is 44.2 Å². The van der Waals surface area contributed by atoms with Crippen LogP contribution in [0.5, 0.6) is 0 Å². The van der Waals surface area contributed by atoms with Crippen LogP contribution in [-0.2, 0) is 16.6 Å². The van der Waals surface area contributed by atoms with Crippen molar-refractivity contribution >= 4 is 10.0 Å². The zero-order chi connectivity index (χ0) is 11.0. The molecular weight excluding hydrogens is 198 g/mol. The van der Waals surface area contributed by atoms with Gasteiger partial charge in [0.2, 0.25) is 10.0 Å². The third-order valence-corrected chi connectivity index (χ3v) is 2.05. The van der Waals surface area contributed by atoms with Crippen LogP contribution >= 0.6 is 0 Å². The second kappa shape index (κ2) is 6.56. The molecule has 0 aliphatic carbocycles. The minimum Gasteiger partial charge on any atom is -0.213 e. The largest absolute Gasteiger partial charge is 0.213 e. The van der Waals surface area contributed by atoms with E-state index in [1.54, 1.807) is 0 Å². The van der Waals surface area contributed by atoms with Crippen LogP contribution in [0.25, 0.3) is 0 Å². The van der Waals surface area contributed by atoms with Gasteiger partial charge in [-0.2, -0.15) is 0 Å². The molecule has 1 N–H and O–H groups in total. The molecule has 0 aliphatic rings. The zero-order valence-electron chi connectivity index (χ0n) is 8.82. The fourth-order valence-corrected chi connectivity index (χ4v) is 1.24. The van der Waals surface area contributed by atoms with Gasteiger partial charge in [-0.15, -0.1) is 0 Å². The molecule has 1 rings (SSSR count). The van der Waals surface area contributed by atoms with Gasteiger partial charge in [0.25, 0.3) is 0 Å². The van der Waals surface area contributed by atoms with Crippen LogP contribution in [0.2, 0.25) is 0 Å². The topological polar surface area (TPSA) is 46.2 Å². The van der Waals surface area contributed by atoms with Crippen molar-refractivity contribution in [2.24, 2.45) is 0 Å². The fraction of sp³-hybridized carbons (Fsp3) is 0.400. The van der Waals surface area contributed by atoms with Crippen molar-refractivity contribution in [1.29, 1.82) is 0 Å². The molecule has 4 heteroatoms. The summed E-state index contributed by atoms with van der Waals surface area (Å²) < 4.78 is 23.8. The number of nitrogens with one attached hydrogen (secondary N) is 1. The normalized spacial score (nSPS) is 10.2. The number of sulfonamides is 1. The average molecular weight is 215 g/mol. The minimum atomic E-state index is -3.07. The first-order valence-electron chi connectivity index (χ1n) is 4.56. The highest BCUT2D eigenvalue weighted by atomic mass is 32.2. The number of hydrogen-bond acceptors (Lipinski definition) is 2. The summed E-state index contributed by atoms with van der Waals surface area (Å²) in [7, 11) is -3.07. The first-order chi connectivity index (χ1) is 6.58. The number of rotatable bonds is 3. The Morgan fingerprint density at radius 2 is 1.64 bits per heavy atom. The molecular formula is C10H17NO2S. The summed E-state index contributed by atoms with van der Waals surface area (Å²) in [5.74, 6) is 0. The molecule has 0 radical (unpaired) electrons. The van der Waals surface area contributed by atoms with Crippen LogP contribution in [-0.4, -0.2) is 14.7 Å². The number of hydrogen-bond donors (Lipinski definition) is 1. The SMILES string of the molecule is CC.CS(=O)(=O)NCc1ccccc1. The molecule has 1 aromatic carbocycles. The van der Waals surface area contributed by atoms with Gasteiger partial charge in [-0.25, -0.2) is 13.1 Å². The molecule has 80 valence electrons. The van der Waals surface area contributed by atoms with E-state index in [2.05, 4.69) is 4.72 Å². The molecule has 0 aliphatic heterocycles. The van der Waals surface area contributed by atoms with Gasteiger partial charge in [-0.3, -0.25) is 0 Å². The zero-order valence-corrected chi connectivity index (χ0v) is 9.64. The summed E-state index contributed by atoms with van der Waals surface area (Å²) in [6.07, 6.45) is 1.15. The van der Waals surface area contributed by atoms with Gasteiger partial charge in [-0.05, 0) is 5.56 Å². The molecule has 0 heterocycles. The molecule has 0 unspecified atom stereocenters. The van der Waals surface area contributed by atoms with Crippen molar-refractivity contribution in [3.63, 3.8) is 0 Å². The van der Waals surface area contributed by atoms with Crippen LogP contribution in [0.4, 0.5) is 0 Å². The van der Waals surface area contributed by atoms with Crippen LogP contribution in [0, 0.1) is 0 Å². The lowest BCUT2D eigenvalue weighted by molar-refractivity contribution is 0.587. The second-order valence-corrected chi connectivity index (χ2v) is 4.41. The Balaban J connectivity index is 0.000000791. The predicted octanol–water partition coefficient (Wildman–Crippen LogP) is 1.76. The molecule has 0 bridgehead atoms. The number of benzene rings is 1. The van der Waals surface area contributed by atoms with E-state index in [4.69, 9.17) is 0 Å². The molecule has 0 saturated heterocycles. The van der Waals surface area contributed by atoms with E-state index in [1.165, 1.54) is 0 Å². The Kier molecular flexibility index (Phi) is 6.16. The van der Waals surface area contributed by atoms with Crippen molar-refractivity contribution in [3.8, 4) is 0 Å². The van der Waals surface area contributed by atoms with E-state index in [0.29, 0.717) is 6.54 Å². The summed E-state index contributed by atoms with van der Waals surface area (Å²) in [6, 6.07) is 9.39. The van der Waals surface area contributed by atoms with E-state index in [0.717, 1.165) is 11.8 Å². The van der Waals surface area contributed by atoms with Crippen molar-refractivity contribution in [2.75, 3.05) is 6.26 Å². The molecule has 1 aromatic rings. The van der Waals surface area contributed by atoms with Gasteiger partial charge in [0.1, 0.15) is 0 Å². The predicted molar refractivity (Wildman–Crippen MR) is 59.5 cm³/mol. The maximum Gasteiger partial charge on any atom is 0.209 e. The maximum atomic E-state index is 10.7. The maximum absolute atomic E-state index is 10.7. The Morgan fingerprint density at radius 1 is 1.14 bits per heavy atom. The van der Waals surface area contributed by atoms with Crippen LogP contribution in [0.15, 0.2) is 30.3 Å². The Morgan fingerprint density at radius 3 is 2.07 bits per heavy atom. The second-order valence-electron chi connectivity index (χ2n) is 2.58. The fourth-order valence-electron chi connectivity index (χ4n) is 0.810. The molecule has 14 heavy (non-hydrogen) atoms. The lowest BCUT2D eigenvalue weighted by Gasteiger charge is -2.00. The van der Waals surface area contributed by atoms with Gasteiger partial charge in [-0.1, -0.05) is 44.2 Å². The summed E-state index contributed by atoms with van der Waals surface area (Å²) in [6.45, 7) is 4.36. The van der Waals surface area contributed by atoms with Gasteiger partial charge >= 0.3 is 0 Å². The van der Waals surface area contributed by atoms with Gasteiger partial charge < -0.3 is 0 Å². The molecule has 0 atom stereocenters.